The maximum Gasteiger partial charge on any atom is 0.221 e. The molecule has 0 saturated heterocycles. The van der Waals surface area contributed by atoms with Gasteiger partial charge in [0.2, 0.25) is 5.91 Å². The minimum atomic E-state index is -3.10. The average Bonchev–Trinajstić information content (AvgIpc) is 2.28. The summed E-state index contributed by atoms with van der Waals surface area (Å²) in [6, 6.07) is 6.89. The summed E-state index contributed by atoms with van der Waals surface area (Å²) in [5.74, 6) is -0.242. The molecule has 1 aromatic rings. The molecule has 100 valence electrons. The van der Waals surface area contributed by atoms with Crippen molar-refractivity contribution in [2.75, 3.05) is 18.6 Å². The van der Waals surface area contributed by atoms with Crippen LogP contribution in [0.1, 0.15) is 12.0 Å². The molecule has 0 atom stereocenters. The lowest BCUT2D eigenvalue weighted by atomic mass is 10.1. The Labute approximate surface area is 107 Å². The number of sulfone groups is 1. The molecule has 0 heterocycles. The zero-order chi connectivity index (χ0) is 13.6. The van der Waals surface area contributed by atoms with Crippen LogP contribution in [0.3, 0.4) is 0 Å². The van der Waals surface area contributed by atoms with E-state index in [4.69, 9.17) is 0 Å². The van der Waals surface area contributed by atoms with Gasteiger partial charge in [0.25, 0.3) is 0 Å². The molecule has 0 aliphatic rings. The maximum atomic E-state index is 11.3. The van der Waals surface area contributed by atoms with Gasteiger partial charge in [0.05, 0.1) is 5.75 Å². The SMILES string of the molecule is CS(=O)(=O)CCC(=O)NCCc1ccccc1O. The second-order valence-corrected chi connectivity index (χ2v) is 6.37. The van der Waals surface area contributed by atoms with Gasteiger partial charge in [0.15, 0.2) is 0 Å². The quantitative estimate of drug-likeness (QED) is 0.788. The lowest BCUT2D eigenvalue weighted by Crippen LogP contribution is -2.27. The van der Waals surface area contributed by atoms with Crippen LogP contribution in [0.25, 0.3) is 0 Å². The van der Waals surface area contributed by atoms with Crippen molar-refractivity contribution in [3.63, 3.8) is 0 Å². The van der Waals surface area contributed by atoms with E-state index in [0.717, 1.165) is 11.8 Å². The van der Waals surface area contributed by atoms with Crippen LogP contribution in [-0.2, 0) is 21.1 Å². The second kappa shape index (κ2) is 6.39. The topological polar surface area (TPSA) is 83.5 Å². The third-order valence-corrected chi connectivity index (χ3v) is 3.35. The molecular formula is C12H17NO4S. The van der Waals surface area contributed by atoms with Crippen molar-refractivity contribution in [3.05, 3.63) is 29.8 Å². The summed E-state index contributed by atoms with van der Waals surface area (Å²) >= 11 is 0. The highest BCUT2D eigenvalue weighted by Gasteiger charge is 2.07. The Morgan fingerprint density at radius 1 is 1.33 bits per heavy atom. The largest absolute Gasteiger partial charge is 0.508 e. The van der Waals surface area contributed by atoms with Gasteiger partial charge < -0.3 is 10.4 Å². The molecule has 5 nitrogen and oxygen atoms in total. The van der Waals surface area contributed by atoms with Gasteiger partial charge in [-0.1, -0.05) is 18.2 Å². The number of carbonyl (C=O) groups excluding carboxylic acids is 1. The molecule has 0 bridgehead atoms. The first kappa shape index (κ1) is 14.5. The molecule has 18 heavy (non-hydrogen) atoms. The Balaban J connectivity index is 2.30. The molecule has 0 aromatic heterocycles. The van der Waals surface area contributed by atoms with Crippen LogP contribution in [0.4, 0.5) is 0 Å². The highest BCUT2D eigenvalue weighted by molar-refractivity contribution is 7.90. The van der Waals surface area contributed by atoms with E-state index < -0.39 is 9.84 Å². The normalized spacial score (nSPS) is 11.2. The molecule has 0 saturated carbocycles. The van der Waals surface area contributed by atoms with Crippen molar-refractivity contribution in [1.82, 2.24) is 5.32 Å². The fourth-order valence-electron chi connectivity index (χ4n) is 1.43. The van der Waals surface area contributed by atoms with E-state index in [1.807, 2.05) is 0 Å². The third kappa shape index (κ3) is 5.67. The Bertz CT molecular complexity index is 511. The molecule has 0 fully saturated rings. The number of benzene rings is 1. The number of aromatic hydroxyl groups is 1. The standard InChI is InChI=1S/C12H17NO4S/c1-18(16,17)9-7-12(15)13-8-6-10-4-2-3-5-11(10)14/h2-5,14H,6-9H2,1H3,(H,13,15). The number of rotatable bonds is 6. The molecular weight excluding hydrogens is 254 g/mol. The Kier molecular flexibility index (Phi) is 5.15. The van der Waals surface area contributed by atoms with Crippen molar-refractivity contribution in [2.45, 2.75) is 12.8 Å². The monoisotopic (exact) mass is 271 g/mol. The van der Waals surface area contributed by atoms with Gasteiger partial charge in [-0.15, -0.1) is 0 Å². The first-order chi connectivity index (χ1) is 8.38. The minimum Gasteiger partial charge on any atom is -0.508 e. The Hall–Kier alpha value is -1.56. The van der Waals surface area contributed by atoms with Crippen LogP contribution in [-0.4, -0.2) is 38.0 Å². The zero-order valence-corrected chi connectivity index (χ0v) is 11.0. The number of nitrogens with one attached hydrogen (secondary N) is 1. The number of hydrogen-bond acceptors (Lipinski definition) is 4. The van der Waals surface area contributed by atoms with E-state index in [-0.39, 0.29) is 23.8 Å². The number of para-hydroxylation sites is 1. The molecule has 0 aliphatic heterocycles. The molecule has 0 unspecified atom stereocenters. The van der Waals surface area contributed by atoms with Crippen molar-refractivity contribution in [2.24, 2.45) is 0 Å². The van der Waals surface area contributed by atoms with E-state index in [0.29, 0.717) is 13.0 Å². The molecule has 0 radical (unpaired) electrons. The predicted octanol–water partition coefficient (Wildman–Crippen LogP) is 0.486. The van der Waals surface area contributed by atoms with Gasteiger partial charge in [0, 0.05) is 19.2 Å². The fourth-order valence-corrected chi connectivity index (χ4v) is 1.98. The van der Waals surface area contributed by atoms with Gasteiger partial charge in [-0.2, -0.15) is 0 Å². The number of amides is 1. The minimum absolute atomic E-state index is 0.0282. The molecule has 1 aromatic carbocycles. The van der Waals surface area contributed by atoms with E-state index in [2.05, 4.69) is 5.32 Å². The molecule has 6 heteroatoms. The van der Waals surface area contributed by atoms with Crippen molar-refractivity contribution < 1.29 is 18.3 Å². The highest BCUT2D eigenvalue weighted by Crippen LogP contribution is 2.15. The summed E-state index contributed by atoms with van der Waals surface area (Å²) in [5, 5.41) is 12.1. The van der Waals surface area contributed by atoms with Gasteiger partial charge in [-0.05, 0) is 18.1 Å². The van der Waals surface area contributed by atoms with Gasteiger partial charge in [0.1, 0.15) is 15.6 Å². The average molecular weight is 271 g/mol. The summed E-state index contributed by atoms with van der Waals surface area (Å²) < 4.78 is 21.7. The Morgan fingerprint density at radius 2 is 2.00 bits per heavy atom. The maximum absolute atomic E-state index is 11.3. The van der Waals surface area contributed by atoms with Crippen LogP contribution in [0, 0.1) is 0 Å². The predicted molar refractivity (Wildman–Crippen MR) is 69.1 cm³/mol. The zero-order valence-electron chi connectivity index (χ0n) is 10.2. The third-order valence-electron chi connectivity index (χ3n) is 2.41. The van der Waals surface area contributed by atoms with Gasteiger partial charge in [-0.25, -0.2) is 8.42 Å². The van der Waals surface area contributed by atoms with E-state index >= 15 is 0 Å². The fraction of sp³-hybridized carbons (Fsp3) is 0.417. The van der Waals surface area contributed by atoms with Crippen LogP contribution in [0.2, 0.25) is 0 Å². The summed E-state index contributed by atoms with van der Waals surface area (Å²) in [5.41, 5.74) is 0.751. The van der Waals surface area contributed by atoms with Crippen molar-refractivity contribution in [1.29, 1.82) is 0 Å². The molecule has 0 spiro atoms. The lowest BCUT2D eigenvalue weighted by Gasteiger charge is -2.06. The first-order valence-corrected chi connectivity index (χ1v) is 7.66. The van der Waals surface area contributed by atoms with Crippen molar-refractivity contribution >= 4 is 15.7 Å². The molecule has 1 amide bonds. The van der Waals surface area contributed by atoms with E-state index in [9.17, 15) is 18.3 Å². The lowest BCUT2D eigenvalue weighted by molar-refractivity contribution is -0.120. The molecule has 0 aliphatic carbocycles. The summed E-state index contributed by atoms with van der Waals surface area (Å²) in [6.45, 7) is 0.375. The van der Waals surface area contributed by atoms with Crippen LogP contribution < -0.4 is 5.32 Å². The second-order valence-electron chi connectivity index (χ2n) is 4.11. The number of carbonyl (C=O) groups is 1. The van der Waals surface area contributed by atoms with E-state index in [1.54, 1.807) is 24.3 Å². The van der Waals surface area contributed by atoms with Crippen LogP contribution >= 0.6 is 0 Å². The Morgan fingerprint density at radius 3 is 2.61 bits per heavy atom. The first-order valence-electron chi connectivity index (χ1n) is 5.60. The summed E-state index contributed by atoms with van der Waals surface area (Å²) in [7, 11) is -3.10. The van der Waals surface area contributed by atoms with E-state index in [1.165, 1.54) is 0 Å². The number of hydrogen-bond donors (Lipinski definition) is 2. The molecule has 1 rings (SSSR count). The van der Waals surface area contributed by atoms with Crippen LogP contribution in [0.5, 0.6) is 5.75 Å². The van der Waals surface area contributed by atoms with Crippen molar-refractivity contribution in [3.8, 4) is 5.75 Å². The summed E-state index contributed by atoms with van der Waals surface area (Å²) in [4.78, 5) is 11.3. The van der Waals surface area contributed by atoms with Crippen LogP contribution in [0.15, 0.2) is 24.3 Å². The highest BCUT2D eigenvalue weighted by atomic mass is 32.2. The summed E-state index contributed by atoms with van der Waals surface area (Å²) in [6.07, 6.45) is 1.58. The smallest absolute Gasteiger partial charge is 0.221 e. The number of phenols is 1. The number of phenolic OH excluding ortho intramolecular Hbond substituents is 1. The van der Waals surface area contributed by atoms with Gasteiger partial charge >= 0.3 is 0 Å². The van der Waals surface area contributed by atoms with Gasteiger partial charge in [-0.3, -0.25) is 4.79 Å². The molecule has 2 N–H and O–H groups in total.